The number of ether oxygens (including phenoxy) is 5. The van der Waals surface area contributed by atoms with Gasteiger partial charge in [0.25, 0.3) is 0 Å². The van der Waals surface area contributed by atoms with Gasteiger partial charge in [0.2, 0.25) is 6.29 Å². The minimum atomic E-state index is -2.00. The van der Waals surface area contributed by atoms with E-state index in [-0.39, 0.29) is 13.0 Å². The minimum absolute atomic E-state index is 0.00690. The van der Waals surface area contributed by atoms with Gasteiger partial charge in [0.1, 0.15) is 36.6 Å². The van der Waals surface area contributed by atoms with E-state index in [2.05, 4.69) is 0 Å². The second kappa shape index (κ2) is 11.7. The highest BCUT2D eigenvalue weighted by Gasteiger charge is 2.61. The van der Waals surface area contributed by atoms with Crippen molar-refractivity contribution in [3.63, 3.8) is 0 Å². The largest absolute Gasteiger partial charge is 0.463 e. The van der Waals surface area contributed by atoms with Crippen LogP contribution < -0.4 is 0 Å². The fourth-order valence-corrected chi connectivity index (χ4v) is 4.73. The zero-order valence-electron chi connectivity index (χ0n) is 20.4. The summed E-state index contributed by atoms with van der Waals surface area (Å²) in [6.45, 7) is 3.19. The molecule has 4 unspecified atom stereocenters. The van der Waals surface area contributed by atoms with Crippen molar-refractivity contribution in [2.24, 2.45) is 17.8 Å². The summed E-state index contributed by atoms with van der Waals surface area (Å²) in [6.07, 6.45) is -8.26. The standard InChI is InChI=1S/C23H36O13/c1-4-10(2)20(30)36-21-16-13(5-15(26)23(16,31)9-34-11(3)25)12(7-32-21)8-33-22-19(29)18(28)17(27)14(6-24)35-22/h7,10,13-19,21-22,24,26-29,31H,4-6,8-9H2,1-3H3/t10?,13?,14-,15+,16?,17-,18+,19-,21?,22-,23-/m1/s1. The number of esters is 2. The third-order valence-corrected chi connectivity index (χ3v) is 7.20. The second-order valence-electron chi connectivity index (χ2n) is 9.61. The van der Waals surface area contributed by atoms with E-state index in [0.29, 0.717) is 12.0 Å². The van der Waals surface area contributed by atoms with E-state index in [4.69, 9.17) is 23.7 Å². The Bertz CT molecular complexity index is 816. The summed E-state index contributed by atoms with van der Waals surface area (Å²) in [5, 5.41) is 61.6. The third kappa shape index (κ3) is 5.68. The Kier molecular flexibility index (Phi) is 9.33. The molecule has 0 aromatic heterocycles. The van der Waals surface area contributed by atoms with Crippen molar-refractivity contribution in [1.82, 2.24) is 0 Å². The van der Waals surface area contributed by atoms with E-state index in [1.54, 1.807) is 13.8 Å². The molecule has 36 heavy (non-hydrogen) atoms. The van der Waals surface area contributed by atoms with Gasteiger partial charge >= 0.3 is 11.9 Å². The lowest BCUT2D eigenvalue weighted by Gasteiger charge is -2.41. The zero-order chi connectivity index (χ0) is 26.8. The fourth-order valence-electron chi connectivity index (χ4n) is 4.73. The highest BCUT2D eigenvalue weighted by molar-refractivity contribution is 5.72. The van der Waals surface area contributed by atoms with Crippen LogP contribution in [0, 0.1) is 17.8 Å². The molecule has 0 amide bonds. The Hall–Kier alpha value is -1.84. The first-order chi connectivity index (χ1) is 16.9. The maximum Gasteiger partial charge on any atom is 0.311 e. The van der Waals surface area contributed by atoms with Crippen LogP contribution in [0.4, 0.5) is 0 Å². The third-order valence-electron chi connectivity index (χ3n) is 7.20. The van der Waals surface area contributed by atoms with Crippen LogP contribution in [0.3, 0.4) is 0 Å². The van der Waals surface area contributed by atoms with Crippen molar-refractivity contribution in [3.8, 4) is 0 Å². The molecule has 1 aliphatic carbocycles. The van der Waals surface area contributed by atoms with Gasteiger partial charge in [0.05, 0.1) is 37.4 Å². The molecule has 0 spiro atoms. The summed E-state index contributed by atoms with van der Waals surface area (Å²) in [5.74, 6) is -3.36. The van der Waals surface area contributed by atoms with E-state index in [0.717, 1.165) is 6.92 Å². The number of carbonyl (C=O) groups is 2. The summed E-state index contributed by atoms with van der Waals surface area (Å²) < 4.78 is 27.1. The SMILES string of the molecule is CCC(C)C(=O)OC1OC=C(CO[C@@H]2O[C@H](CO)[C@@H](O)[C@H](O)[C@H]2O)C2C[C@H](O)[C@](O)(COC(C)=O)C12. The van der Waals surface area contributed by atoms with Crippen molar-refractivity contribution >= 4 is 11.9 Å². The summed E-state index contributed by atoms with van der Waals surface area (Å²) in [7, 11) is 0. The first kappa shape index (κ1) is 28.7. The van der Waals surface area contributed by atoms with Crippen LogP contribution in [0.15, 0.2) is 11.8 Å². The van der Waals surface area contributed by atoms with Gasteiger partial charge in [-0.05, 0) is 18.4 Å². The quantitative estimate of drug-likeness (QED) is 0.181. The molecule has 13 heteroatoms. The summed E-state index contributed by atoms with van der Waals surface area (Å²) in [4.78, 5) is 23.9. The molecule has 13 nitrogen and oxygen atoms in total. The second-order valence-corrected chi connectivity index (χ2v) is 9.61. The minimum Gasteiger partial charge on any atom is -0.463 e. The normalized spacial score (nSPS) is 41.0. The van der Waals surface area contributed by atoms with Crippen molar-refractivity contribution in [2.75, 3.05) is 19.8 Å². The lowest BCUT2D eigenvalue weighted by Crippen LogP contribution is -2.59. The van der Waals surface area contributed by atoms with Crippen molar-refractivity contribution in [2.45, 2.75) is 82.3 Å². The van der Waals surface area contributed by atoms with Gasteiger partial charge in [-0.15, -0.1) is 0 Å². The molecule has 11 atom stereocenters. The van der Waals surface area contributed by atoms with E-state index in [1.807, 2.05) is 0 Å². The average Bonchev–Trinajstić information content (AvgIpc) is 3.12. The summed E-state index contributed by atoms with van der Waals surface area (Å²) in [5.41, 5.74) is -1.59. The Morgan fingerprint density at radius 2 is 1.86 bits per heavy atom. The lowest BCUT2D eigenvalue weighted by atomic mass is 9.80. The van der Waals surface area contributed by atoms with Crippen molar-refractivity contribution in [1.29, 1.82) is 0 Å². The molecule has 0 radical (unpaired) electrons. The number of fused-ring (bicyclic) bond motifs is 1. The highest BCUT2D eigenvalue weighted by Crippen LogP contribution is 2.49. The maximum atomic E-state index is 12.5. The van der Waals surface area contributed by atoms with Crippen LogP contribution in [-0.4, -0.2) is 111 Å². The lowest BCUT2D eigenvalue weighted by molar-refractivity contribution is -0.299. The van der Waals surface area contributed by atoms with Crippen LogP contribution >= 0.6 is 0 Å². The van der Waals surface area contributed by atoms with Crippen LogP contribution in [0.2, 0.25) is 0 Å². The molecule has 1 saturated heterocycles. The summed E-state index contributed by atoms with van der Waals surface area (Å²) in [6, 6.07) is 0. The van der Waals surface area contributed by atoms with Crippen LogP contribution in [0.25, 0.3) is 0 Å². The number of hydrogen-bond donors (Lipinski definition) is 6. The Labute approximate surface area is 208 Å². The first-order valence-corrected chi connectivity index (χ1v) is 11.9. The molecule has 0 bridgehead atoms. The predicted molar refractivity (Wildman–Crippen MR) is 117 cm³/mol. The van der Waals surface area contributed by atoms with E-state index in [9.17, 15) is 40.2 Å². The number of hydrogen-bond acceptors (Lipinski definition) is 13. The van der Waals surface area contributed by atoms with E-state index < -0.39 is 91.6 Å². The van der Waals surface area contributed by atoms with Crippen molar-refractivity contribution in [3.05, 3.63) is 11.8 Å². The van der Waals surface area contributed by atoms with E-state index >= 15 is 0 Å². The number of aliphatic hydroxyl groups is 6. The molecular weight excluding hydrogens is 484 g/mol. The van der Waals surface area contributed by atoms with Gasteiger partial charge in [-0.25, -0.2) is 0 Å². The molecular formula is C23H36O13. The number of carbonyl (C=O) groups excluding carboxylic acids is 2. The van der Waals surface area contributed by atoms with Crippen LogP contribution in [-0.2, 0) is 33.3 Å². The molecule has 6 N–H and O–H groups in total. The monoisotopic (exact) mass is 520 g/mol. The Balaban J connectivity index is 1.81. The molecule has 3 rings (SSSR count). The number of aliphatic hydroxyl groups excluding tert-OH is 5. The topological polar surface area (TPSA) is 202 Å². The molecule has 1 saturated carbocycles. The van der Waals surface area contributed by atoms with E-state index in [1.165, 1.54) is 6.26 Å². The van der Waals surface area contributed by atoms with Crippen LogP contribution in [0.1, 0.15) is 33.6 Å². The molecule has 206 valence electrons. The molecule has 0 aromatic carbocycles. The maximum absolute atomic E-state index is 12.5. The molecule has 2 fully saturated rings. The average molecular weight is 521 g/mol. The Morgan fingerprint density at radius 3 is 2.47 bits per heavy atom. The predicted octanol–water partition coefficient (Wildman–Crippen LogP) is -2.08. The van der Waals surface area contributed by atoms with Crippen LogP contribution in [0.5, 0.6) is 0 Å². The Morgan fingerprint density at radius 1 is 1.17 bits per heavy atom. The van der Waals surface area contributed by atoms with Gasteiger partial charge in [0, 0.05) is 12.8 Å². The molecule has 2 aliphatic heterocycles. The fraction of sp³-hybridized carbons (Fsp3) is 0.826. The first-order valence-electron chi connectivity index (χ1n) is 11.9. The smallest absolute Gasteiger partial charge is 0.311 e. The summed E-state index contributed by atoms with van der Waals surface area (Å²) >= 11 is 0. The number of rotatable bonds is 9. The van der Waals surface area contributed by atoms with Gasteiger partial charge in [-0.3, -0.25) is 9.59 Å². The van der Waals surface area contributed by atoms with Gasteiger partial charge in [-0.1, -0.05) is 13.8 Å². The highest BCUT2D eigenvalue weighted by atomic mass is 16.7. The zero-order valence-corrected chi connectivity index (χ0v) is 20.4. The van der Waals surface area contributed by atoms with Gasteiger partial charge in [0.15, 0.2) is 6.29 Å². The van der Waals surface area contributed by atoms with Gasteiger partial charge in [-0.2, -0.15) is 0 Å². The molecule has 0 aromatic rings. The molecule has 3 aliphatic rings. The molecule has 2 heterocycles. The van der Waals surface area contributed by atoms with Gasteiger partial charge < -0.3 is 54.3 Å². The van der Waals surface area contributed by atoms with Crippen molar-refractivity contribution < 1.29 is 63.9 Å².